The summed E-state index contributed by atoms with van der Waals surface area (Å²) in [5.74, 6) is 5.02. The number of carbonyl (C=O) groups is 2. The van der Waals surface area contributed by atoms with Crippen molar-refractivity contribution in [3.05, 3.63) is 316 Å². The summed E-state index contributed by atoms with van der Waals surface area (Å²) in [5.41, 5.74) is 19.0. The van der Waals surface area contributed by atoms with Gasteiger partial charge in [0.15, 0.2) is 23.0 Å². The molecule has 0 saturated heterocycles. The summed E-state index contributed by atoms with van der Waals surface area (Å²) in [5, 5.41) is 31.1. The number of aliphatic hydroxyl groups excluding tert-OH is 1. The Labute approximate surface area is 743 Å². The largest absolute Gasteiger partial charge is 0.733 e. The van der Waals surface area contributed by atoms with Crippen LogP contribution in [-0.2, 0) is 116 Å². The van der Waals surface area contributed by atoms with Crippen LogP contribution in [-0.4, -0.2) is 119 Å². The summed E-state index contributed by atoms with van der Waals surface area (Å²) in [4.78, 5) is 24.9. The van der Waals surface area contributed by atoms with Crippen LogP contribution in [0.3, 0.4) is 0 Å². The van der Waals surface area contributed by atoms with Crippen molar-refractivity contribution in [3.8, 4) is 74.0 Å². The lowest BCUT2D eigenvalue weighted by molar-refractivity contribution is 0.0606. The van der Waals surface area contributed by atoms with Gasteiger partial charge in [0.05, 0.1) is 135 Å². The van der Waals surface area contributed by atoms with E-state index >= 15 is 0 Å². The molecule has 0 radical (unpaired) electrons. The summed E-state index contributed by atoms with van der Waals surface area (Å²) in [7, 11) is 1.13. The first-order chi connectivity index (χ1) is 62.2. The second-order valence-electron chi connectivity index (χ2n) is 27.9. The van der Waals surface area contributed by atoms with E-state index in [9.17, 15) is 28.5 Å². The number of aliphatic hydroxyl groups is 1. The number of nitrogens with one attached hydrogen (secondary N) is 1. The maximum absolute atomic E-state index is 13.5. The Balaban J connectivity index is 0.000000187. The molecule has 11 aromatic rings. The summed E-state index contributed by atoms with van der Waals surface area (Å²) < 4.78 is 148. The minimum atomic E-state index is -4.02. The lowest BCUT2D eigenvalue weighted by atomic mass is 9.93. The molecule has 2 aliphatic rings. The molecule has 0 spiro atoms. The van der Waals surface area contributed by atoms with E-state index in [1.165, 1.54) is 24.3 Å². The molecular formula is C94H105N3O28P3-. The van der Waals surface area contributed by atoms with E-state index in [1.807, 2.05) is 231 Å². The van der Waals surface area contributed by atoms with Crippen LogP contribution in [0.4, 0.5) is 15.3 Å². The van der Waals surface area contributed by atoms with Gasteiger partial charge in [-0.15, -0.1) is 0 Å². The number of nitrogens with two attached hydrogens (primary N) is 1. The number of alkyl carbamates (subject to hydrolysis) is 1. The fourth-order valence-corrected chi connectivity index (χ4v) is 16.6. The number of ether oxygens (including phenoxy) is 11. The number of methoxy groups -OCH3 is 8. The molecule has 680 valence electrons. The number of nitrogens with zero attached hydrogens (tertiary/aromatic N) is 1. The third kappa shape index (κ3) is 29.4. The van der Waals surface area contributed by atoms with Gasteiger partial charge < -0.3 is 78.7 Å². The van der Waals surface area contributed by atoms with E-state index < -0.39 is 41.8 Å². The Morgan fingerprint density at radius 3 is 1.07 bits per heavy atom. The van der Waals surface area contributed by atoms with Crippen LogP contribution >= 0.6 is 23.5 Å². The molecule has 13 rings (SSSR count). The topological polar surface area (TPSA) is 375 Å². The molecule has 0 aliphatic heterocycles. The zero-order valence-corrected chi connectivity index (χ0v) is 74.8. The molecule has 5 N–H and O–H groups in total. The highest BCUT2D eigenvalue weighted by Gasteiger charge is 2.34. The fraction of sp³-hybridized carbons (Fsp3) is 0.277. The lowest BCUT2D eigenvalue weighted by Crippen LogP contribution is -2.30. The molecule has 0 fully saturated rings. The third-order valence-corrected chi connectivity index (χ3v) is 23.7. The van der Waals surface area contributed by atoms with E-state index in [0.717, 1.165) is 96.5 Å². The Morgan fingerprint density at radius 1 is 0.391 bits per heavy atom. The smallest absolute Gasteiger partial charge is 0.513 e. The molecule has 0 bridgehead atoms. The van der Waals surface area contributed by atoms with Gasteiger partial charge in [0.25, 0.3) is 0 Å². The van der Waals surface area contributed by atoms with E-state index in [1.54, 1.807) is 56.9 Å². The number of benzene rings is 11. The number of phosphoric ester groups is 3. The van der Waals surface area contributed by atoms with Crippen molar-refractivity contribution >= 4 is 41.4 Å². The first-order valence-electron chi connectivity index (χ1n) is 40.4. The van der Waals surface area contributed by atoms with E-state index in [4.69, 9.17) is 109 Å². The van der Waals surface area contributed by atoms with Crippen molar-refractivity contribution in [3.63, 3.8) is 0 Å². The number of amides is 1. The van der Waals surface area contributed by atoms with E-state index in [2.05, 4.69) is 5.32 Å². The summed E-state index contributed by atoms with van der Waals surface area (Å²) >= 11 is 0. The van der Waals surface area contributed by atoms with Crippen LogP contribution in [0.1, 0.15) is 80.6 Å². The highest BCUT2D eigenvalue weighted by atomic mass is 31.2. The third-order valence-electron chi connectivity index (χ3n) is 19.5. The number of hydrogen-bond acceptors (Lipinski definition) is 30. The van der Waals surface area contributed by atoms with Crippen molar-refractivity contribution in [1.29, 1.82) is 0 Å². The second-order valence-corrected chi connectivity index (χ2v) is 32.9. The van der Waals surface area contributed by atoms with Crippen molar-refractivity contribution < 1.29 is 126 Å². The van der Waals surface area contributed by atoms with Crippen LogP contribution in [0.15, 0.2) is 255 Å². The van der Waals surface area contributed by atoms with Gasteiger partial charge in [-0.25, -0.2) is 23.3 Å². The molecule has 1 amide bonds. The molecule has 0 heterocycles. The predicted octanol–water partition coefficient (Wildman–Crippen LogP) is 20.0. The van der Waals surface area contributed by atoms with Crippen molar-refractivity contribution in [2.45, 2.75) is 77.4 Å². The molecule has 11 aromatic carbocycles. The van der Waals surface area contributed by atoms with Crippen molar-refractivity contribution in [2.75, 3.05) is 102 Å². The molecule has 31 nitrogen and oxygen atoms in total. The Bertz CT molecular complexity index is 5270. The van der Waals surface area contributed by atoms with Crippen LogP contribution in [0, 0.1) is 5.21 Å². The second kappa shape index (κ2) is 50.8. The van der Waals surface area contributed by atoms with E-state index in [0.29, 0.717) is 53.1 Å². The highest BCUT2D eigenvalue weighted by molar-refractivity contribution is 7.49. The molecule has 128 heavy (non-hydrogen) atoms. The number of phosphoric acid groups is 3. The normalized spacial score (nSPS) is 13.1. The van der Waals surface area contributed by atoms with Gasteiger partial charge >= 0.3 is 35.7 Å². The van der Waals surface area contributed by atoms with Crippen LogP contribution in [0.5, 0.6) is 51.7 Å². The van der Waals surface area contributed by atoms with Crippen molar-refractivity contribution in [1.82, 2.24) is 5.32 Å². The first kappa shape index (κ1) is 98.5. The van der Waals surface area contributed by atoms with Gasteiger partial charge in [0.2, 0.25) is 11.5 Å². The van der Waals surface area contributed by atoms with Gasteiger partial charge in [0, 0.05) is 17.2 Å². The van der Waals surface area contributed by atoms with Gasteiger partial charge in [-0.1, -0.05) is 194 Å². The van der Waals surface area contributed by atoms with Crippen molar-refractivity contribution in [2.24, 2.45) is 5.73 Å². The molecule has 2 atom stereocenters. The van der Waals surface area contributed by atoms with Crippen LogP contribution in [0.25, 0.3) is 22.3 Å². The molecule has 0 unspecified atom stereocenters. The number of aryl methyl sites for hydroxylation is 2. The zero-order valence-electron chi connectivity index (χ0n) is 72.1. The minimum absolute atomic E-state index is 0.000427. The van der Waals surface area contributed by atoms with Crippen LogP contribution < -0.4 is 58.9 Å². The monoisotopic (exact) mass is 1820 g/mol. The Morgan fingerprint density at radius 2 is 0.727 bits per heavy atom. The Kier molecular flexibility index (Phi) is 39.1. The molecule has 0 saturated carbocycles. The Hall–Kier alpha value is -11.7. The van der Waals surface area contributed by atoms with Gasteiger partial charge in [-0.05, 0) is 153 Å². The average molecular weight is 1820 g/mol. The fourth-order valence-electron chi connectivity index (χ4n) is 13.2. The highest BCUT2D eigenvalue weighted by Crippen LogP contribution is 2.56. The van der Waals surface area contributed by atoms with E-state index in [-0.39, 0.29) is 102 Å². The lowest BCUT2D eigenvalue weighted by Gasteiger charge is -2.22. The first-order valence-corrected chi connectivity index (χ1v) is 44.8. The maximum atomic E-state index is 13.5. The number of hydrogen-bond donors (Lipinski definition) is 4. The molecule has 34 heteroatoms. The van der Waals surface area contributed by atoms with Gasteiger partial charge in [-0.2, -0.15) is 0 Å². The molecule has 2 aliphatic carbocycles. The average Bonchev–Trinajstić information content (AvgIpc) is 1.55. The predicted molar refractivity (Wildman–Crippen MR) is 478 cm³/mol. The number of carbonyl (C=O) groups excluding carboxylic acids is 2. The standard InChI is InChI=1S/C36H40NO10P.C23H23NO9P.C19H23NO4.C16H19O5P/c1-40-28-16-17-29-30(22-28)31(18-15-27-21-32(41-2)34(42-3)35(43-4)33(27)29)37-36(38)44-19-20-45-48(39,46-23-25-11-7-5-8-12-25)47-24-26-13-9-6-10-14-26;25-23(33-22-13-11-21(12-14-22)24(26)27)29-15-16-30-34(28,31-17-19-7-3-1-4-8-19)32-18-20-9-5-2-6-10-20;1-21-12-6-7-13-14(10-12)15(20)8-5-11-9-16(22-2)18(23-3)19(24-4)17(11)13;17-11-12-19-22(18,20-13-15-7-3-1-4-8-15)21-14-16-9-5-2-6-10-16/h5-14,16-17,21-22,31H,15,18-20,23-24H2,1-4H3,(H,37,38);1-14,26H,15-18H2;6-7,9-10,15H,5,8,20H2,1-4H3;1-10,17H,11-14H2/q;-1;;/t31-;;15-;/m0.0./s1. The van der Waals surface area contributed by atoms with Gasteiger partial charge in [0.1, 0.15) is 30.5 Å². The number of anilines is 1. The summed E-state index contributed by atoms with van der Waals surface area (Å²) in [6.07, 6.45) is 1.11. The van der Waals surface area contributed by atoms with Crippen LogP contribution in [0.2, 0.25) is 0 Å². The molecular weight excluding hydrogens is 1710 g/mol. The minimum Gasteiger partial charge on any atom is -0.733 e. The number of fused-ring (bicyclic) bond motifs is 6. The van der Waals surface area contributed by atoms with Gasteiger partial charge in [-0.3, -0.25) is 45.9 Å². The molecule has 0 aromatic heterocycles. The summed E-state index contributed by atoms with van der Waals surface area (Å²) in [6, 6.07) is 75.6. The summed E-state index contributed by atoms with van der Waals surface area (Å²) in [6.45, 7) is -1.08. The SMILES string of the molecule is COc1ccc2c(c1)[C@@H](N)CCc1cc(OC)c(OC)c(OC)c1-2.COc1ccc2c(c1)[C@@H](NC(=O)OCCOP(=O)(OCc1ccccc1)OCc1ccccc1)CCc1cc(OC)c(OC)c(OC)c1-2.O=C(OCCOP(=O)(OCc1ccccc1)OCc1ccccc1)Oc1ccc(N([O-])O)cc1.O=P(OCCO)(OCc1ccccc1)OCc1ccccc1. The number of rotatable bonds is 40. The zero-order chi connectivity index (χ0) is 91.1. The maximum Gasteiger partial charge on any atom is 0.513 e. The quantitative estimate of drug-likeness (QED) is 0.00911.